The minimum atomic E-state index is -4.56. The SMILES string of the molecule is CCC/C=C/C(O)C(COP(=O)([O-])OCC[N+](C)(C)C)NC(=O)CCCCCCCCCCCCCCCCCCCCCCCCCCCCCCCCCCCCCC. The largest absolute Gasteiger partial charge is 0.756 e. The lowest BCUT2D eigenvalue weighted by Gasteiger charge is -2.29. The highest BCUT2D eigenvalue weighted by molar-refractivity contribution is 7.45. The quantitative estimate of drug-likeness (QED) is 0.0273. The molecular weight excluding hydrogens is 780 g/mol. The number of carbonyl (C=O) groups excluding carboxylic acids is 1. The molecule has 3 atom stereocenters. The number of quaternary nitrogens is 1. The summed E-state index contributed by atoms with van der Waals surface area (Å²) in [4.78, 5) is 25.0. The van der Waals surface area contributed by atoms with E-state index in [4.69, 9.17) is 9.05 Å². The summed E-state index contributed by atoms with van der Waals surface area (Å²) < 4.78 is 22.9. The number of hydrogen-bond acceptors (Lipinski definition) is 6. The van der Waals surface area contributed by atoms with Gasteiger partial charge in [0.25, 0.3) is 7.82 Å². The van der Waals surface area contributed by atoms with Crippen molar-refractivity contribution in [1.29, 1.82) is 0 Å². The molecule has 0 radical (unpaired) electrons. The van der Waals surface area contributed by atoms with Gasteiger partial charge in [-0.3, -0.25) is 9.36 Å². The Hall–Kier alpha value is -0.760. The third-order valence-corrected chi connectivity index (χ3v) is 13.2. The number of allylic oxidation sites excluding steroid dienone is 1. The zero-order valence-electron chi connectivity index (χ0n) is 41.4. The predicted molar refractivity (Wildman–Crippen MR) is 261 cm³/mol. The Morgan fingerprint density at radius 3 is 1.20 bits per heavy atom. The molecule has 1 amide bonds. The lowest BCUT2D eigenvalue weighted by molar-refractivity contribution is -0.870. The number of phosphoric ester groups is 1. The van der Waals surface area contributed by atoms with Crippen LogP contribution in [0.4, 0.5) is 0 Å². The van der Waals surface area contributed by atoms with Crippen molar-refractivity contribution in [3.63, 3.8) is 0 Å². The lowest BCUT2D eigenvalue weighted by Crippen LogP contribution is -2.45. The van der Waals surface area contributed by atoms with Crippen LogP contribution >= 0.6 is 7.82 Å². The van der Waals surface area contributed by atoms with E-state index in [1.165, 1.54) is 212 Å². The minimum absolute atomic E-state index is 0.0000216. The van der Waals surface area contributed by atoms with Crippen molar-refractivity contribution in [2.45, 2.75) is 276 Å². The van der Waals surface area contributed by atoms with Crippen LogP contribution in [0.1, 0.15) is 264 Å². The van der Waals surface area contributed by atoms with Gasteiger partial charge in [0, 0.05) is 6.42 Å². The second-order valence-corrected chi connectivity index (χ2v) is 21.0. The zero-order valence-corrected chi connectivity index (χ0v) is 42.3. The molecule has 0 aliphatic rings. The maximum absolute atomic E-state index is 12.7. The summed E-state index contributed by atoms with van der Waals surface area (Å²) in [5.41, 5.74) is 0. The van der Waals surface area contributed by atoms with E-state index in [0.29, 0.717) is 17.4 Å². The number of nitrogens with zero attached hydrogens (tertiary/aromatic N) is 1. The molecule has 364 valence electrons. The Balaban J connectivity index is 3.59. The third kappa shape index (κ3) is 47.0. The molecule has 0 aromatic heterocycles. The van der Waals surface area contributed by atoms with E-state index < -0.39 is 20.0 Å². The molecular formula is C52H105N2O6P. The fourth-order valence-electron chi connectivity index (χ4n) is 8.05. The summed E-state index contributed by atoms with van der Waals surface area (Å²) >= 11 is 0. The van der Waals surface area contributed by atoms with Crippen LogP contribution in [-0.4, -0.2) is 68.5 Å². The fraction of sp³-hybridized carbons (Fsp3) is 0.942. The molecule has 2 N–H and O–H groups in total. The third-order valence-electron chi connectivity index (χ3n) is 12.2. The van der Waals surface area contributed by atoms with Crippen LogP contribution in [0.5, 0.6) is 0 Å². The predicted octanol–water partition coefficient (Wildman–Crippen LogP) is 14.8. The van der Waals surface area contributed by atoms with E-state index in [-0.39, 0.29) is 19.1 Å². The van der Waals surface area contributed by atoms with Crippen LogP contribution in [0.3, 0.4) is 0 Å². The van der Waals surface area contributed by atoms with E-state index in [0.717, 1.165) is 32.1 Å². The standard InChI is InChI=1S/C52H105N2O6P/c1-6-8-10-11-12-13-14-15-16-17-18-19-20-21-22-23-24-25-26-27-28-29-30-31-32-33-34-35-36-37-38-39-40-41-42-44-46-52(56)53-50(51(55)45-43-9-7-2)49-60-61(57,58)59-48-47-54(3,4)5/h43,45,50-51,55H,6-42,44,46-49H2,1-5H3,(H-,53,56,57,58)/b45-43+. The van der Waals surface area contributed by atoms with E-state index in [9.17, 15) is 19.4 Å². The Bertz CT molecular complexity index is 1000. The van der Waals surface area contributed by atoms with Crippen molar-refractivity contribution in [2.24, 2.45) is 0 Å². The highest BCUT2D eigenvalue weighted by Gasteiger charge is 2.23. The van der Waals surface area contributed by atoms with Crippen molar-refractivity contribution < 1.29 is 32.9 Å². The van der Waals surface area contributed by atoms with Crippen LogP contribution in [0.25, 0.3) is 0 Å². The van der Waals surface area contributed by atoms with Crippen molar-refractivity contribution in [1.82, 2.24) is 5.32 Å². The van der Waals surface area contributed by atoms with Crippen molar-refractivity contribution in [2.75, 3.05) is 40.9 Å². The first-order valence-electron chi connectivity index (χ1n) is 26.6. The highest BCUT2D eigenvalue weighted by Crippen LogP contribution is 2.38. The monoisotopic (exact) mass is 885 g/mol. The molecule has 0 aromatic carbocycles. The van der Waals surface area contributed by atoms with Gasteiger partial charge >= 0.3 is 0 Å². The summed E-state index contributed by atoms with van der Waals surface area (Å²) in [5.74, 6) is -0.204. The van der Waals surface area contributed by atoms with Gasteiger partial charge in [-0.1, -0.05) is 257 Å². The maximum Gasteiger partial charge on any atom is 0.268 e. The van der Waals surface area contributed by atoms with E-state index >= 15 is 0 Å². The van der Waals surface area contributed by atoms with Crippen molar-refractivity contribution in [3.8, 4) is 0 Å². The number of phosphoric acid groups is 1. The summed E-state index contributed by atoms with van der Waals surface area (Å²) in [7, 11) is 1.26. The maximum atomic E-state index is 12.7. The van der Waals surface area contributed by atoms with Gasteiger partial charge in [-0.15, -0.1) is 0 Å². The average molecular weight is 885 g/mol. The number of amides is 1. The number of rotatable bonds is 49. The second-order valence-electron chi connectivity index (χ2n) is 19.6. The normalized spacial score (nSPS) is 14.1. The Morgan fingerprint density at radius 1 is 0.557 bits per heavy atom. The van der Waals surface area contributed by atoms with Gasteiger partial charge < -0.3 is 28.8 Å². The second kappa shape index (κ2) is 44.4. The first-order chi connectivity index (χ1) is 29.5. The average Bonchev–Trinajstić information content (AvgIpc) is 3.21. The molecule has 0 saturated heterocycles. The molecule has 0 aliphatic heterocycles. The van der Waals surface area contributed by atoms with Crippen molar-refractivity contribution >= 4 is 13.7 Å². The van der Waals surface area contributed by atoms with Crippen LogP contribution in [0.15, 0.2) is 12.2 Å². The van der Waals surface area contributed by atoms with Crippen LogP contribution < -0.4 is 10.2 Å². The molecule has 61 heavy (non-hydrogen) atoms. The molecule has 0 heterocycles. The lowest BCUT2D eigenvalue weighted by atomic mass is 10.0. The smallest absolute Gasteiger partial charge is 0.268 e. The Labute approximate surface area is 380 Å². The summed E-state index contributed by atoms with van der Waals surface area (Å²) in [5, 5.41) is 13.4. The molecule has 0 rings (SSSR count). The van der Waals surface area contributed by atoms with Gasteiger partial charge in [-0.2, -0.15) is 0 Å². The number of likely N-dealkylation sites (N-methyl/N-ethyl adjacent to an activating group) is 1. The van der Waals surface area contributed by atoms with E-state index in [2.05, 4.69) is 12.2 Å². The molecule has 0 aromatic rings. The van der Waals surface area contributed by atoms with Gasteiger partial charge in [-0.25, -0.2) is 0 Å². The molecule has 8 nitrogen and oxygen atoms in total. The van der Waals surface area contributed by atoms with Crippen LogP contribution in [0, 0.1) is 0 Å². The zero-order chi connectivity index (χ0) is 45.0. The molecule has 0 spiro atoms. The van der Waals surface area contributed by atoms with Gasteiger partial charge in [0.15, 0.2) is 0 Å². The number of aliphatic hydroxyl groups excluding tert-OH is 1. The molecule has 0 saturated carbocycles. The fourth-order valence-corrected chi connectivity index (χ4v) is 8.77. The van der Waals surface area contributed by atoms with Crippen LogP contribution in [0.2, 0.25) is 0 Å². The molecule has 3 unspecified atom stereocenters. The summed E-state index contributed by atoms with van der Waals surface area (Å²) in [6, 6.07) is -0.877. The topological polar surface area (TPSA) is 108 Å². The number of aliphatic hydroxyl groups is 1. The first kappa shape index (κ1) is 60.2. The van der Waals surface area contributed by atoms with E-state index in [1.807, 2.05) is 34.1 Å². The summed E-state index contributed by atoms with van der Waals surface area (Å²) in [6.07, 6.45) is 54.2. The Kier molecular flexibility index (Phi) is 43.9. The van der Waals surface area contributed by atoms with E-state index in [1.54, 1.807) is 6.08 Å². The molecule has 0 aliphatic carbocycles. The summed E-state index contributed by atoms with van der Waals surface area (Å²) in [6.45, 7) is 4.45. The van der Waals surface area contributed by atoms with Gasteiger partial charge in [0.2, 0.25) is 5.91 Å². The van der Waals surface area contributed by atoms with Gasteiger partial charge in [0.05, 0.1) is 39.9 Å². The molecule has 9 heteroatoms. The number of nitrogens with one attached hydrogen (secondary N) is 1. The van der Waals surface area contributed by atoms with Crippen molar-refractivity contribution in [3.05, 3.63) is 12.2 Å². The van der Waals surface area contributed by atoms with Gasteiger partial charge in [-0.05, 0) is 12.8 Å². The minimum Gasteiger partial charge on any atom is -0.756 e. The molecule has 0 fully saturated rings. The first-order valence-corrected chi connectivity index (χ1v) is 28.0. The highest BCUT2D eigenvalue weighted by atomic mass is 31.2. The number of carbonyl (C=O) groups is 1. The van der Waals surface area contributed by atoms with Crippen LogP contribution in [-0.2, 0) is 18.4 Å². The number of unbranched alkanes of at least 4 members (excludes halogenated alkanes) is 36. The number of hydrogen-bond donors (Lipinski definition) is 2. The Morgan fingerprint density at radius 2 is 0.885 bits per heavy atom. The molecule has 0 bridgehead atoms. The van der Waals surface area contributed by atoms with Gasteiger partial charge in [0.1, 0.15) is 13.2 Å².